The van der Waals surface area contributed by atoms with Crippen molar-refractivity contribution in [1.82, 2.24) is 0 Å². The molecule has 0 heterocycles. The summed E-state index contributed by atoms with van der Waals surface area (Å²) in [5.74, 6) is 3.41. The molecule has 0 amide bonds. The molecule has 0 aromatic carbocycles. The number of hydrogen-bond donors (Lipinski definition) is 0. The fraction of sp³-hybridized carbons (Fsp3) is 0.733. The van der Waals surface area contributed by atoms with Gasteiger partial charge in [0.25, 0.3) is 0 Å². The summed E-state index contributed by atoms with van der Waals surface area (Å²) in [5, 5.41) is 0. The third-order valence-corrected chi connectivity index (χ3v) is 4.43. The third-order valence-electron chi connectivity index (χ3n) is 4.43. The quantitative estimate of drug-likeness (QED) is 0.586. The molecule has 2 unspecified atom stereocenters. The van der Waals surface area contributed by atoms with Gasteiger partial charge in [-0.25, -0.2) is 0 Å². The first kappa shape index (κ1) is 11.0. The van der Waals surface area contributed by atoms with Gasteiger partial charge in [-0.2, -0.15) is 0 Å². The van der Waals surface area contributed by atoms with Crippen molar-refractivity contribution in [3.05, 3.63) is 23.8 Å². The predicted octanol–water partition coefficient (Wildman–Crippen LogP) is 4.58. The molecule has 0 aromatic heterocycles. The minimum atomic E-state index is 0.803. The Hall–Kier alpha value is -0.520. The molecule has 0 spiro atoms. The van der Waals surface area contributed by atoms with Gasteiger partial charge >= 0.3 is 0 Å². The van der Waals surface area contributed by atoms with E-state index >= 15 is 0 Å². The lowest BCUT2D eigenvalue weighted by Gasteiger charge is -2.41. The van der Waals surface area contributed by atoms with Crippen LogP contribution in [0.25, 0.3) is 0 Å². The Kier molecular flexibility index (Phi) is 3.04. The summed E-state index contributed by atoms with van der Waals surface area (Å²) < 4.78 is 0. The van der Waals surface area contributed by atoms with Crippen LogP contribution < -0.4 is 0 Å². The van der Waals surface area contributed by atoms with Gasteiger partial charge < -0.3 is 0 Å². The fourth-order valence-electron chi connectivity index (χ4n) is 3.45. The SMILES string of the molecule is C=C1C=C2C(CC1)C(C)CC[C@@H]2C(C)C. The highest BCUT2D eigenvalue weighted by Gasteiger charge is 2.35. The van der Waals surface area contributed by atoms with Crippen LogP contribution in [0.5, 0.6) is 0 Å². The van der Waals surface area contributed by atoms with E-state index in [0.717, 1.165) is 23.7 Å². The predicted molar refractivity (Wildman–Crippen MR) is 66.7 cm³/mol. The first-order chi connectivity index (χ1) is 7.09. The molecule has 2 aliphatic rings. The molecule has 0 saturated heterocycles. The van der Waals surface area contributed by atoms with Crippen molar-refractivity contribution in [3.63, 3.8) is 0 Å². The molecular weight excluding hydrogens is 180 g/mol. The zero-order valence-corrected chi connectivity index (χ0v) is 10.4. The second-order valence-electron chi connectivity index (χ2n) is 5.85. The van der Waals surface area contributed by atoms with Crippen LogP contribution in [0.1, 0.15) is 46.5 Å². The maximum Gasteiger partial charge on any atom is -0.0168 e. The molecule has 2 aliphatic carbocycles. The third kappa shape index (κ3) is 2.04. The highest BCUT2D eigenvalue weighted by atomic mass is 14.4. The first-order valence-corrected chi connectivity index (χ1v) is 6.49. The fourth-order valence-corrected chi connectivity index (χ4v) is 3.45. The summed E-state index contributed by atoms with van der Waals surface area (Å²) in [7, 11) is 0. The van der Waals surface area contributed by atoms with Crippen molar-refractivity contribution in [3.8, 4) is 0 Å². The zero-order chi connectivity index (χ0) is 11.0. The van der Waals surface area contributed by atoms with Crippen LogP contribution in [0.4, 0.5) is 0 Å². The van der Waals surface area contributed by atoms with Crippen molar-refractivity contribution in [1.29, 1.82) is 0 Å². The highest BCUT2D eigenvalue weighted by Crippen LogP contribution is 2.46. The molecule has 0 aliphatic heterocycles. The summed E-state index contributed by atoms with van der Waals surface area (Å²) in [5.41, 5.74) is 3.10. The van der Waals surface area contributed by atoms with E-state index in [9.17, 15) is 0 Å². The number of allylic oxidation sites excluding steroid dienone is 3. The Balaban J connectivity index is 2.27. The summed E-state index contributed by atoms with van der Waals surface area (Å²) in [6.45, 7) is 11.3. The van der Waals surface area contributed by atoms with Crippen LogP contribution in [0, 0.1) is 23.7 Å². The van der Waals surface area contributed by atoms with E-state index in [4.69, 9.17) is 0 Å². The van der Waals surface area contributed by atoms with Crippen molar-refractivity contribution in [2.24, 2.45) is 23.7 Å². The summed E-state index contributed by atoms with van der Waals surface area (Å²) >= 11 is 0. The van der Waals surface area contributed by atoms with Crippen molar-refractivity contribution in [2.45, 2.75) is 46.5 Å². The standard InChI is InChI=1S/C15H24/c1-10(2)13-8-6-12(4)14-7-5-11(3)9-15(13)14/h9-10,12-14H,3,5-8H2,1-2,4H3/t12?,13-,14?/m1/s1. The van der Waals surface area contributed by atoms with Gasteiger partial charge in [0.2, 0.25) is 0 Å². The van der Waals surface area contributed by atoms with Gasteiger partial charge in [0.1, 0.15) is 0 Å². The molecule has 1 fully saturated rings. The average Bonchev–Trinajstić information content (AvgIpc) is 2.17. The molecule has 1 saturated carbocycles. The van der Waals surface area contributed by atoms with Crippen LogP contribution >= 0.6 is 0 Å². The molecule has 2 rings (SSSR count). The molecule has 0 bridgehead atoms. The van der Waals surface area contributed by atoms with E-state index in [0.29, 0.717) is 0 Å². The molecular formula is C15H24. The molecule has 15 heavy (non-hydrogen) atoms. The van der Waals surface area contributed by atoms with E-state index in [1.165, 1.54) is 31.3 Å². The van der Waals surface area contributed by atoms with Crippen LogP contribution in [-0.2, 0) is 0 Å². The Bertz CT molecular complexity index is 282. The molecule has 3 atom stereocenters. The van der Waals surface area contributed by atoms with Crippen LogP contribution in [0.2, 0.25) is 0 Å². The second kappa shape index (κ2) is 4.15. The van der Waals surface area contributed by atoms with Gasteiger partial charge in [-0.3, -0.25) is 0 Å². The minimum absolute atomic E-state index is 0.803. The average molecular weight is 204 g/mol. The largest absolute Gasteiger partial charge is 0.0958 e. The van der Waals surface area contributed by atoms with E-state index in [1.54, 1.807) is 5.57 Å². The first-order valence-electron chi connectivity index (χ1n) is 6.49. The summed E-state index contributed by atoms with van der Waals surface area (Å²) in [6, 6.07) is 0. The summed E-state index contributed by atoms with van der Waals surface area (Å²) in [6.07, 6.45) is 7.83. The van der Waals surface area contributed by atoms with E-state index in [1.807, 2.05) is 0 Å². The Labute approximate surface area is 94.5 Å². The lowest BCUT2D eigenvalue weighted by molar-refractivity contribution is 0.224. The van der Waals surface area contributed by atoms with Crippen molar-refractivity contribution >= 4 is 0 Å². The summed E-state index contributed by atoms with van der Waals surface area (Å²) in [4.78, 5) is 0. The van der Waals surface area contributed by atoms with Crippen molar-refractivity contribution < 1.29 is 0 Å². The molecule has 0 nitrogen and oxygen atoms in total. The van der Waals surface area contributed by atoms with E-state index in [-0.39, 0.29) is 0 Å². The minimum Gasteiger partial charge on any atom is -0.0958 e. The van der Waals surface area contributed by atoms with Gasteiger partial charge in [-0.05, 0) is 49.4 Å². The lowest BCUT2D eigenvalue weighted by Crippen LogP contribution is -2.30. The van der Waals surface area contributed by atoms with Crippen LogP contribution in [0.15, 0.2) is 23.8 Å². The Morgan fingerprint density at radius 2 is 2.00 bits per heavy atom. The Morgan fingerprint density at radius 3 is 2.67 bits per heavy atom. The molecule has 0 aromatic rings. The molecule has 0 radical (unpaired) electrons. The normalized spacial score (nSPS) is 36.4. The number of fused-ring (bicyclic) bond motifs is 1. The number of hydrogen-bond acceptors (Lipinski definition) is 0. The topological polar surface area (TPSA) is 0 Å². The van der Waals surface area contributed by atoms with E-state index < -0.39 is 0 Å². The maximum atomic E-state index is 4.15. The van der Waals surface area contributed by atoms with Crippen LogP contribution in [-0.4, -0.2) is 0 Å². The number of rotatable bonds is 1. The highest BCUT2D eigenvalue weighted by molar-refractivity contribution is 5.30. The molecule has 0 N–H and O–H groups in total. The van der Waals surface area contributed by atoms with Gasteiger partial charge in [-0.1, -0.05) is 44.6 Å². The van der Waals surface area contributed by atoms with Gasteiger partial charge in [-0.15, -0.1) is 0 Å². The van der Waals surface area contributed by atoms with Crippen molar-refractivity contribution in [2.75, 3.05) is 0 Å². The molecule has 84 valence electrons. The van der Waals surface area contributed by atoms with Gasteiger partial charge in [0.15, 0.2) is 0 Å². The Morgan fingerprint density at radius 1 is 1.27 bits per heavy atom. The lowest BCUT2D eigenvalue weighted by atomic mass is 9.64. The van der Waals surface area contributed by atoms with Gasteiger partial charge in [0.05, 0.1) is 0 Å². The van der Waals surface area contributed by atoms with Gasteiger partial charge in [0, 0.05) is 0 Å². The molecule has 0 heteroatoms. The monoisotopic (exact) mass is 204 g/mol. The van der Waals surface area contributed by atoms with E-state index in [2.05, 4.69) is 33.4 Å². The second-order valence-corrected chi connectivity index (χ2v) is 5.85. The smallest absolute Gasteiger partial charge is 0.0168 e. The van der Waals surface area contributed by atoms with Crippen LogP contribution in [0.3, 0.4) is 0 Å². The maximum absolute atomic E-state index is 4.15. The zero-order valence-electron chi connectivity index (χ0n) is 10.4.